The summed E-state index contributed by atoms with van der Waals surface area (Å²) in [4.78, 5) is 14.2. The molecule has 0 unspecified atom stereocenters. The molecule has 0 atom stereocenters. The van der Waals surface area contributed by atoms with Crippen LogP contribution in [0.1, 0.15) is 23.0 Å². The molecule has 0 spiro atoms. The van der Waals surface area contributed by atoms with Crippen molar-refractivity contribution in [2.75, 3.05) is 11.9 Å². The number of hydrogen-bond acceptors (Lipinski definition) is 4. The molecule has 9 heteroatoms. The molecule has 2 aromatic heterocycles. The second kappa shape index (κ2) is 10.4. The van der Waals surface area contributed by atoms with E-state index in [1.54, 1.807) is 0 Å². The minimum Gasteiger partial charge on any atom is -0.452 e. The fraction of sp³-hybridized carbons (Fsp3) is 0.0303. The van der Waals surface area contributed by atoms with Crippen molar-refractivity contribution < 1.29 is 21.1 Å². The Morgan fingerprint density at radius 2 is 1.00 bits per heavy atom. The van der Waals surface area contributed by atoms with Gasteiger partial charge in [-0.1, -0.05) is 97.8 Å². The zero-order chi connectivity index (χ0) is 27.3. The van der Waals surface area contributed by atoms with E-state index in [0.717, 1.165) is 63.1 Å². The van der Waals surface area contributed by atoms with E-state index in [2.05, 4.69) is 50.4 Å². The van der Waals surface area contributed by atoms with E-state index in [1.165, 1.54) is 0 Å². The van der Waals surface area contributed by atoms with Crippen LogP contribution >= 0.6 is 0 Å². The molecule has 3 aliphatic heterocycles. The maximum absolute atomic E-state index is 5.10. The van der Waals surface area contributed by atoms with Crippen molar-refractivity contribution in [2.45, 2.75) is 0 Å². The minimum atomic E-state index is 0. The van der Waals surface area contributed by atoms with E-state index < -0.39 is 0 Å². The fourth-order valence-electron chi connectivity index (χ4n) is 5.21. The van der Waals surface area contributed by atoms with Gasteiger partial charge in [-0.25, -0.2) is 9.97 Å². The van der Waals surface area contributed by atoms with Crippen LogP contribution in [0.4, 0.5) is 5.69 Å². The molecule has 0 amide bonds. The topological polar surface area (TPSA) is 70.3 Å². The van der Waals surface area contributed by atoms with Gasteiger partial charge in [-0.3, -0.25) is 9.13 Å². The summed E-state index contributed by atoms with van der Waals surface area (Å²) in [7, 11) is 1.99. The molecule has 0 saturated heterocycles. The van der Waals surface area contributed by atoms with Crippen molar-refractivity contribution >= 4 is 29.2 Å². The van der Waals surface area contributed by atoms with Gasteiger partial charge in [0.05, 0.1) is 11.4 Å². The molecule has 0 saturated carbocycles. The fourth-order valence-corrected chi connectivity index (χ4v) is 5.21. The molecular formula is C33H24N8Pt. The third-order valence-electron chi connectivity index (χ3n) is 7.26. The van der Waals surface area contributed by atoms with Gasteiger partial charge in [0.1, 0.15) is 11.6 Å². The molecule has 42 heavy (non-hydrogen) atoms. The van der Waals surface area contributed by atoms with E-state index in [0.29, 0.717) is 0 Å². The van der Waals surface area contributed by atoms with Gasteiger partial charge in [-0.05, 0) is 53.5 Å². The molecule has 0 fully saturated rings. The number of imidazole rings is 2. The molecule has 5 heterocycles. The number of nitrogens with zero attached hydrogens (tertiary/aromatic N) is 8. The third-order valence-corrected chi connectivity index (χ3v) is 7.26. The van der Waals surface area contributed by atoms with E-state index >= 15 is 0 Å². The molecule has 3 aromatic carbocycles. The minimum absolute atomic E-state index is 0. The Kier molecular flexibility index (Phi) is 6.40. The average Bonchev–Trinajstić information content (AvgIpc) is 3.80. The van der Waals surface area contributed by atoms with Crippen LogP contribution in [0, 0.1) is 0 Å². The first kappa shape index (κ1) is 25.9. The van der Waals surface area contributed by atoms with Gasteiger partial charge in [0.2, 0.25) is 0 Å². The van der Waals surface area contributed by atoms with Crippen molar-refractivity contribution in [3.05, 3.63) is 161 Å². The van der Waals surface area contributed by atoms with Crippen LogP contribution in [-0.4, -0.2) is 31.0 Å². The normalized spacial score (nSPS) is 15.0. The molecule has 8 bridgehead atoms. The summed E-state index contributed by atoms with van der Waals surface area (Å²) < 4.78 is 4.16. The van der Waals surface area contributed by atoms with Gasteiger partial charge in [-0.15, -0.1) is 0 Å². The number of fused-ring (bicyclic) bond motifs is 10. The van der Waals surface area contributed by atoms with Crippen LogP contribution in [0.15, 0.2) is 127 Å². The first-order valence-electron chi connectivity index (χ1n) is 13.4. The number of para-hydroxylation sites is 3. The van der Waals surface area contributed by atoms with E-state index in [1.807, 2.05) is 103 Å². The van der Waals surface area contributed by atoms with Crippen molar-refractivity contribution in [3.8, 4) is 11.4 Å². The van der Waals surface area contributed by atoms with Crippen molar-refractivity contribution in [1.82, 2.24) is 24.0 Å². The van der Waals surface area contributed by atoms with Gasteiger partial charge in [0, 0.05) is 23.8 Å². The molecule has 5 aromatic rings. The third kappa shape index (κ3) is 4.46. The van der Waals surface area contributed by atoms with Gasteiger partial charge >= 0.3 is 21.1 Å². The second-order valence-corrected chi connectivity index (χ2v) is 9.95. The summed E-state index contributed by atoms with van der Waals surface area (Å²) >= 11 is 0. The van der Waals surface area contributed by atoms with Crippen LogP contribution in [-0.2, 0) is 21.1 Å². The number of hydrogen-bond donors (Lipinski definition) is 0. The summed E-state index contributed by atoms with van der Waals surface area (Å²) in [6.07, 6.45) is 12.1. The van der Waals surface area contributed by atoms with Gasteiger partial charge < -0.3 is 20.4 Å². The summed E-state index contributed by atoms with van der Waals surface area (Å²) in [5.41, 5.74) is 6.11. The summed E-state index contributed by atoms with van der Waals surface area (Å²) in [5.74, 6) is 3.05. The Bertz CT molecular complexity index is 1900. The standard InChI is InChI=1S/C33H24N8.Pt/c1-38-19-26-27-20-40(24-13-7-3-8-14-24)32(35-27)18-33-37-29(22-41(33)25-15-9-4-10-16-25)28-21-39(23-11-5-2-6-12-23)31(36-28)17-30(38)34-26;/h2-22H,1H3;/q-2;+2. The first-order valence-corrected chi connectivity index (χ1v) is 13.4. The van der Waals surface area contributed by atoms with Crippen LogP contribution in [0.3, 0.4) is 0 Å². The molecule has 206 valence electrons. The molecule has 0 radical (unpaired) electrons. The molecule has 3 aliphatic rings. The Morgan fingerprint density at radius 1 is 0.548 bits per heavy atom. The number of anilines is 1. The van der Waals surface area contributed by atoms with Crippen LogP contribution in [0.5, 0.6) is 0 Å². The van der Waals surface area contributed by atoms with Crippen LogP contribution in [0.25, 0.3) is 45.6 Å². The Labute approximate surface area is 257 Å². The number of benzene rings is 3. The molecule has 8 nitrogen and oxygen atoms in total. The monoisotopic (exact) mass is 727 g/mol. The van der Waals surface area contributed by atoms with E-state index in [4.69, 9.17) is 20.6 Å². The van der Waals surface area contributed by atoms with E-state index in [9.17, 15) is 0 Å². The quantitative estimate of drug-likeness (QED) is 0.198. The molecular weight excluding hydrogens is 703 g/mol. The van der Waals surface area contributed by atoms with Crippen molar-refractivity contribution in [1.29, 1.82) is 0 Å². The van der Waals surface area contributed by atoms with Gasteiger partial charge in [0.15, 0.2) is 0 Å². The van der Waals surface area contributed by atoms with Crippen molar-refractivity contribution in [2.24, 2.45) is 0 Å². The predicted molar refractivity (Wildman–Crippen MR) is 162 cm³/mol. The zero-order valence-electron chi connectivity index (χ0n) is 22.5. The molecule has 8 rings (SSSR count). The van der Waals surface area contributed by atoms with Gasteiger partial charge in [0.25, 0.3) is 0 Å². The van der Waals surface area contributed by atoms with Crippen LogP contribution < -0.4 is 4.90 Å². The summed E-state index contributed by atoms with van der Waals surface area (Å²) in [6.45, 7) is 0. The first-order chi connectivity index (χ1) is 20.2. The molecule has 0 aliphatic carbocycles. The molecule has 0 N–H and O–H groups in total. The summed E-state index contributed by atoms with van der Waals surface area (Å²) in [5, 5.41) is 10.1. The Hall–Kier alpha value is -5.07. The second-order valence-electron chi connectivity index (χ2n) is 9.95. The van der Waals surface area contributed by atoms with Crippen molar-refractivity contribution in [3.63, 3.8) is 0 Å². The maximum Gasteiger partial charge on any atom is 2.00 e. The number of rotatable bonds is 3. The Balaban J connectivity index is 0.00000288. The zero-order valence-corrected chi connectivity index (χ0v) is 24.8. The maximum atomic E-state index is 5.10. The SMILES string of the molecule is CN1C=C2[N-]C1=Cc1nc(cn1-c1ccccc1)C1=CN(c3ccccc3)C(=Cc3nc2cn3-c2ccccc2)[N-]1.[Pt+2]. The summed E-state index contributed by atoms with van der Waals surface area (Å²) in [6, 6.07) is 30.6. The Morgan fingerprint density at radius 3 is 1.55 bits per heavy atom. The van der Waals surface area contributed by atoms with E-state index in [-0.39, 0.29) is 21.1 Å². The smallest absolute Gasteiger partial charge is 0.452 e. The van der Waals surface area contributed by atoms with Gasteiger partial charge in [-0.2, -0.15) is 0 Å². The predicted octanol–water partition coefficient (Wildman–Crippen LogP) is 7.18. The number of aromatic nitrogens is 4. The average molecular weight is 728 g/mol. The van der Waals surface area contributed by atoms with Crippen LogP contribution in [0.2, 0.25) is 0 Å². The largest absolute Gasteiger partial charge is 2.00 e.